The normalized spacial score (nSPS) is 11.4. The molecular weight excluding hydrogens is 385 g/mol. The molecular formula is C16H11F7N2S. The fourth-order valence-corrected chi connectivity index (χ4v) is 2.42. The summed E-state index contributed by atoms with van der Waals surface area (Å²) >= 11 is 4.80. The van der Waals surface area contributed by atoms with E-state index in [2.05, 4.69) is 5.32 Å². The van der Waals surface area contributed by atoms with E-state index in [4.69, 9.17) is 12.2 Å². The average molecular weight is 396 g/mol. The highest BCUT2D eigenvalue weighted by Crippen LogP contribution is 2.38. The van der Waals surface area contributed by atoms with Gasteiger partial charge in [0.2, 0.25) is 0 Å². The molecule has 0 aliphatic heterocycles. The number of halogens is 7. The van der Waals surface area contributed by atoms with Crippen molar-refractivity contribution < 1.29 is 30.7 Å². The first-order valence-corrected chi connectivity index (χ1v) is 7.42. The smallest absolute Gasteiger partial charge is 0.332 e. The van der Waals surface area contributed by atoms with E-state index in [-0.39, 0.29) is 0 Å². The number of rotatable bonds is 2. The van der Waals surface area contributed by atoms with Crippen LogP contribution in [0.25, 0.3) is 0 Å². The van der Waals surface area contributed by atoms with Crippen molar-refractivity contribution in [3.8, 4) is 0 Å². The van der Waals surface area contributed by atoms with Crippen molar-refractivity contribution in [2.24, 2.45) is 0 Å². The first-order chi connectivity index (χ1) is 11.9. The highest BCUT2D eigenvalue weighted by Gasteiger charge is 2.42. The summed E-state index contributed by atoms with van der Waals surface area (Å²) in [5.74, 6) is -9.59. The van der Waals surface area contributed by atoms with E-state index in [1.165, 1.54) is 0 Å². The molecule has 0 spiro atoms. The first kappa shape index (κ1) is 20.0. The lowest BCUT2D eigenvalue weighted by molar-refractivity contribution is -0.143. The zero-order chi connectivity index (χ0) is 19.8. The Hall–Kier alpha value is -2.36. The van der Waals surface area contributed by atoms with Gasteiger partial charge in [-0.1, -0.05) is 17.7 Å². The summed E-state index contributed by atoms with van der Waals surface area (Å²) in [4.78, 5) is 0. The van der Waals surface area contributed by atoms with E-state index >= 15 is 0 Å². The number of thiocarbonyl (C=S) groups is 1. The second-order valence-electron chi connectivity index (χ2n) is 5.40. The fraction of sp³-hybridized carbons (Fsp3) is 0.188. The number of hydrogen-bond donors (Lipinski definition) is 2. The molecule has 0 bridgehead atoms. The third-order valence-electron chi connectivity index (χ3n) is 3.42. The Bertz CT molecular complexity index is 849. The van der Waals surface area contributed by atoms with Crippen LogP contribution in [0.15, 0.2) is 18.2 Å². The van der Waals surface area contributed by atoms with E-state index in [0.29, 0.717) is 11.3 Å². The maximum absolute atomic E-state index is 13.8. The van der Waals surface area contributed by atoms with Crippen LogP contribution < -0.4 is 10.6 Å². The predicted molar refractivity (Wildman–Crippen MR) is 87.0 cm³/mol. The van der Waals surface area contributed by atoms with Gasteiger partial charge < -0.3 is 10.6 Å². The minimum Gasteiger partial charge on any atom is -0.332 e. The Morgan fingerprint density at radius 2 is 1.42 bits per heavy atom. The molecule has 0 aliphatic rings. The molecule has 2 nitrogen and oxygen atoms in total. The number of hydrogen-bond acceptors (Lipinski definition) is 1. The molecule has 0 atom stereocenters. The van der Waals surface area contributed by atoms with Crippen LogP contribution in [0.2, 0.25) is 0 Å². The van der Waals surface area contributed by atoms with Gasteiger partial charge in [-0.15, -0.1) is 0 Å². The molecule has 2 aromatic carbocycles. The highest BCUT2D eigenvalue weighted by atomic mass is 32.1. The van der Waals surface area contributed by atoms with Crippen LogP contribution in [0.5, 0.6) is 0 Å². The standard InChI is InChI=1S/C16H11F7N2S/c1-6-3-4-8(7(2)5-6)24-15(26)25-14-12(19)10(17)9(16(21,22)23)11(18)13(14)20/h3-5H,1-2H3,(H2,24,25,26). The fourth-order valence-electron chi connectivity index (χ4n) is 2.21. The van der Waals surface area contributed by atoms with Crippen molar-refractivity contribution in [2.75, 3.05) is 10.6 Å². The van der Waals surface area contributed by atoms with Crippen molar-refractivity contribution in [3.05, 3.63) is 58.2 Å². The van der Waals surface area contributed by atoms with Crippen LogP contribution in [0.4, 0.5) is 42.1 Å². The van der Waals surface area contributed by atoms with E-state index in [1.807, 2.05) is 12.2 Å². The van der Waals surface area contributed by atoms with Crippen molar-refractivity contribution in [2.45, 2.75) is 20.0 Å². The second kappa shape index (κ2) is 7.10. The van der Waals surface area contributed by atoms with Gasteiger partial charge in [0.25, 0.3) is 0 Å². The molecule has 2 rings (SSSR count). The summed E-state index contributed by atoms with van der Waals surface area (Å²) in [6.07, 6.45) is -5.61. The second-order valence-corrected chi connectivity index (χ2v) is 5.81. The molecule has 0 radical (unpaired) electrons. The average Bonchev–Trinajstić information content (AvgIpc) is 2.51. The van der Waals surface area contributed by atoms with Gasteiger partial charge in [0, 0.05) is 5.69 Å². The zero-order valence-electron chi connectivity index (χ0n) is 13.3. The van der Waals surface area contributed by atoms with Gasteiger partial charge in [0.1, 0.15) is 11.3 Å². The summed E-state index contributed by atoms with van der Waals surface area (Å²) in [6, 6.07) is 5.07. The maximum atomic E-state index is 13.8. The van der Waals surface area contributed by atoms with Crippen molar-refractivity contribution in [1.82, 2.24) is 0 Å². The topological polar surface area (TPSA) is 24.1 Å². The zero-order valence-corrected chi connectivity index (χ0v) is 14.1. The quantitative estimate of drug-likeness (QED) is 0.388. The van der Waals surface area contributed by atoms with Gasteiger partial charge in [-0.3, -0.25) is 0 Å². The summed E-state index contributed by atoms with van der Waals surface area (Å²) < 4.78 is 92.5. The third-order valence-corrected chi connectivity index (χ3v) is 3.62. The molecule has 2 N–H and O–H groups in total. The lowest BCUT2D eigenvalue weighted by Crippen LogP contribution is -2.23. The van der Waals surface area contributed by atoms with Gasteiger partial charge in [-0.2, -0.15) is 13.2 Å². The molecule has 0 fully saturated rings. The summed E-state index contributed by atoms with van der Waals surface area (Å²) in [7, 11) is 0. The number of benzene rings is 2. The Morgan fingerprint density at radius 3 is 1.88 bits per heavy atom. The van der Waals surface area contributed by atoms with Crippen LogP contribution in [-0.4, -0.2) is 5.11 Å². The molecule has 0 saturated heterocycles. The number of nitrogens with one attached hydrogen (secondary N) is 2. The van der Waals surface area contributed by atoms with Crippen LogP contribution >= 0.6 is 12.2 Å². The van der Waals surface area contributed by atoms with Crippen LogP contribution in [0.3, 0.4) is 0 Å². The Kier molecular flexibility index (Phi) is 5.45. The van der Waals surface area contributed by atoms with E-state index in [0.717, 1.165) is 5.56 Å². The number of aryl methyl sites for hydroxylation is 2. The Balaban J connectivity index is 2.36. The predicted octanol–water partition coefficient (Wildman–Crippen LogP) is 5.69. The molecule has 140 valence electrons. The van der Waals surface area contributed by atoms with Crippen LogP contribution in [0, 0.1) is 37.1 Å². The molecule has 2 aromatic rings. The van der Waals surface area contributed by atoms with Crippen molar-refractivity contribution in [1.29, 1.82) is 0 Å². The lowest BCUT2D eigenvalue weighted by atomic mass is 10.1. The molecule has 0 amide bonds. The van der Waals surface area contributed by atoms with Gasteiger partial charge in [-0.05, 0) is 37.7 Å². The van der Waals surface area contributed by atoms with E-state index in [9.17, 15) is 30.7 Å². The van der Waals surface area contributed by atoms with Gasteiger partial charge in [0.05, 0.1) is 0 Å². The summed E-state index contributed by atoms with van der Waals surface area (Å²) in [6.45, 7) is 3.53. The molecule has 0 aliphatic carbocycles. The van der Waals surface area contributed by atoms with Crippen LogP contribution in [0.1, 0.15) is 16.7 Å². The van der Waals surface area contributed by atoms with Gasteiger partial charge >= 0.3 is 6.18 Å². The van der Waals surface area contributed by atoms with E-state index in [1.54, 1.807) is 25.1 Å². The molecule has 10 heteroatoms. The minimum absolute atomic E-state index is 0.432. The highest BCUT2D eigenvalue weighted by molar-refractivity contribution is 7.80. The summed E-state index contributed by atoms with van der Waals surface area (Å²) in [5.41, 5.74) is -2.04. The number of alkyl halides is 3. The number of anilines is 2. The molecule has 0 heterocycles. The van der Waals surface area contributed by atoms with E-state index < -0.39 is 45.8 Å². The SMILES string of the molecule is Cc1ccc(NC(=S)Nc2c(F)c(F)c(C(F)(F)F)c(F)c2F)c(C)c1. The first-order valence-electron chi connectivity index (χ1n) is 7.02. The van der Waals surface area contributed by atoms with Crippen molar-refractivity contribution >= 4 is 28.7 Å². The Morgan fingerprint density at radius 1 is 0.885 bits per heavy atom. The molecule has 0 unspecified atom stereocenters. The van der Waals surface area contributed by atoms with Crippen molar-refractivity contribution in [3.63, 3.8) is 0 Å². The largest absolute Gasteiger partial charge is 0.422 e. The lowest BCUT2D eigenvalue weighted by Gasteiger charge is -2.17. The van der Waals surface area contributed by atoms with Gasteiger partial charge in [0.15, 0.2) is 28.4 Å². The Labute approximate surface area is 149 Å². The molecule has 0 saturated carbocycles. The molecule has 26 heavy (non-hydrogen) atoms. The van der Waals surface area contributed by atoms with Gasteiger partial charge in [-0.25, -0.2) is 17.6 Å². The maximum Gasteiger partial charge on any atom is 0.422 e. The molecule has 0 aromatic heterocycles. The monoisotopic (exact) mass is 396 g/mol. The van der Waals surface area contributed by atoms with Crippen LogP contribution in [-0.2, 0) is 6.18 Å². The minimum atomic E-state index is -5.61. The summed E-state index contributed by atoms with van der Waals surface area (Å²) in [5, 5.41) is 3.93. The third kappa shape index (κ3) is 3.90.